The lowest BCUT2D eigenvalue weighted by molar-refractivity contribution is -0.142. The number of likely N-dealkylation sites (N-methyl/N-ethyl adjacent to an activating group) is 1. The van der Waals surface area contributed by atoms with Crippen LogP contribution in [0, 0.1) is 0 Å². The Kier molecular flexibility index (Phi) is 9.17. The van der Waals surface area contributed by atoms with Crippen LogP contribution in [0.15, 0.2) is 71.6 Å². The van der Waals surface area contributed by atoms with Crippen molar-refractivity contribution in [1.29, 1.82) is 0 Å². The van der Waals surface area contributed by atoms with Crippen molar-refractivity contribution in [2.24, 2.45) is 0 Å². The first-order valence-electron chi connectivity index (χ1n) is 12.6. The van der Waals surface area contributed by atoms with Crippen LogP contribution in [0.3, 0.4) is 0 Å². The number of carbonyl (C=O) groups is 2. The van der Waals surface area contributed by atoms with E-state index >= 15 is 0 Å². The zero-order chi connectivity index (χ0) is 28.1. The van der Waals surface area contributed by atoms with Crippen molar-refractivity contribution in [2.75, 3.05) is 20.7 Å². The van der Waals surface area contributed by atoms with Gasteiger partial charge < -0.3 is 15.0 Å². The second-order valence-electron chi connectivity index (χ2n) is 10.3. The number of sulfonamides is 1. The van der Waals surface area contributed by atoms with E-state index in [0.29, 0.717) is 12.2 Å². The fraction of sp³-hybridized carbons (Fsp3) is 0.379. The number of carbonyl (C=O) groups excluding carboxylic acids is 2. The summed E-state index contributed by atoms with van der Waals surface area (Å²) in [6.07, 6.45) is 0.366. The zero-order valence-corrected chi connectivity index (χ0v) is 23.7. The van der Waals surface area contributed by atoms with Gasteiger partial charge in [0.05, 0.1) is 18.6 Å². The highest BCUT2D eigenvalue weighted by atomic mass is 32.2. The Balaban J connectivity index is 1.89. The van der Waals surface area contributed by atoms with Crippen molar-refractivity contribution < 1.29 is 22.7 Å². The quantitative estimate of drug-likeness (QED) is 0.417. The average molecular weight is 540 g/mol. The van der Waals surface area contributed by atoms with E-state index < -0.39 is 34.1 Å². The molecule has 0 spiro atoms. The van der Waals surface area contributed by atoms with Crippen molar-refractivity contribution in [2.45, 2.75) is 57.1 Å². The SMILES string of the molecule is CC[C@H](C(=O)NC(C)(C)C)N(Cc1ccc(OC)cc1)C(=O)CN(C)S(=O)(=O)c1ccc2ccccc2c1. The second-order valence-corrected chi connectivity index (χ2v) is 12.3. The molecule has 8 nitrogen and oxygen atoms in total. The lowest BCUT2D eigenvalue weighted by atomic mass is 10.1. The van der Waals surface area contributed by atoms with E-state index in [4.69, 9.17) is 4.74 Å². The van der Waals surface area contributed by atoms with Crippen LogP contribution >= 0.6 is 0 Å². The first-order valence-corrected chi connectivity index (χ1v) is 14.0. The highest BCUT2D eigenvalue weighted by Gasteiger charge is 2.33. The second kappa shape index (κ2) is 12.0. The molecule has 0 aliphatic carbocycles. The highest BCUT2D eigenvalue weighted by molar-refractivity contribution is 7.89. The maximum absolute atomic E-state index is 13.7. The predicted octanol–water partition coefficient (Wildman–Crippen LogP) is 4.19. The minimum absolute atomic E-state index is 0.103. The smallest absolute Gasteiger partial charge is 0.243 e. The summed E-state index contributed by atoms with van der Waals surface area (Å²) in [5.74, 6) is -0.0872. The standard InChI is InChI=1S/C29H37N3O5S/c1-7-26(28(34)30-29(2,3)4)32(19-21-12-15-24(37-6)16-13-21)27(33)20-31(5)38(35,36)25-17-14-22-10-8-9-11-23(22)18-25/h8-18,26H,7,19-20H2,1-6H3,(H,30,34)/t26-/m1/s1. The van der Waals surface area contributed by atoms with Crippen molar-refractivity contribution in [3.8, 4) is 5.75 Å². The van der Waals surface area contributed by atoms with E-state index in [1.807, 2.05) is 64.1 Å². The van der Waals surface area contributed by atoms with Crippen molar-refractivity contribution in [3.05, 3.63) is 72.3 Å². The Morgan fingerprint density at radius 1 is 0.974 bits per heavy atom. The molecule has 0 aliphatic rings. The number of hydrogen-bond acceptors (Lipinski definition) is 5. The largest absolute Gasteiger partial charge is 0.497 e. The molecule has 0 fully saturated rings. The van der Waals surface area contributed by atoms with Gasteiger partial charge in [-0.2, -0.15) is 4.31 Å². The van der Waals surface area contributed by atoms with Gasteiger partial charge in [-0.3, -0.25) is 9.59 Å². The predicted molar refractivity (Wildman–Crippen MR) is 149 cm³/mol. The molecule has 0 unspecified atom stereocenters. The summed E-state index contributed by atoms with van der Waals surface area (Å²) in [6.45, 7) is 7.18. The molecule has 0 bridgehead atoms. The van der Waals surface area contributed by atoms with Crippen molar-refractivity contribution in [3.63, 3.8) is 0 Å². The van der Waals surface area contributed by atoms with Gasteiger partial charge in [0.25, 0.3) is 0 Å². The molecule has 0 aliphatic heterocycles. The summed E-state index contributed by atoms with van der Waals surface area (Å²) in [7, 11) is -1.00. The van der Waals surface area contributed by atoms with Gasteiger partial charge in [-0.15, -0.1) is 0 Å². The van der Waals surface area contributed by atoms with Crippen molar-refractivity contribution >= 4 is 32.6 Å². The summed E-state index contributed by atoms with van der Waals surface area (Å²) in [5, 5.41) is 4.67. The Bertz CT molecular complexity index is 1380. The Labute approximate surface area is 225 Å². The molecule has 3 aromatic carbocycles. The Hall–Kier alpha value is -3.43. The third-order valence-corrected chi connectivity index (χ3v) is 7.98. The maximum atomic E-state index is 13.7. The molecule has 1 N–H and O–H groups in total. The Morgan fingerprint density at radius 3 is 2.18 bits per heavy atom. The van der Waals surface area contributed by atoms with E-state index in [0.717, 1.165) is 20.6 Å². The highest BCUT2D eigenvalue weighted by Crippen LogP contribution is 2.22. The molecule has 3 rings (SSSR count). The summed E-state index contributed by atoms with van der Waals surface area (Å²) in [5.41, 5.74) is 0.302. The van der Waals surface area contributed by atoms with E-state index in [1.165, 1.54) is 11.9 Å². The molecular weight excluding hydrogens is 502 g/mol. The monoisotopic (exact) mass is 539 g/mol. The molecule has 0 saturated heterocycles. The number of fused-ring (bicyclic) bond motifs is 1. The van der Waals surface area contributed by atoms with Gasteiger partial charge in [0.15, 0.2) is 0 Å². The first-order chi connectivity index (χ1) is 17.9. The molecule has 9 heteroatoms. The number of nitrogens with one attached hydrogen (secondary N) is 1. The molecule has 0 heterocycles. The molecule has 3 aromatic rings. The van der Waals surface area contributed by atoms with E-state index in [1.54, 1.807) is 37.4 Å². The molecular formula is C29H37N3O5S. The summed E-state index contributed by atoms with van der Waals surface area (Å²) >= 11 is 0. The summed E-state index contributed by atoms with van der Waals surface area (Å²) in [4.78, 5) is 28.4. The number of nitrogens with zero attached hydrogens (tertiary/aromatic N) is 2. The topological polar surface area (TPSA) is 96.0 Å². The number of ether oxygens (including phenoxy) is 1. The molecule has 204 valence electrons. The normalized spacial score (nSPS) is 12.8. The van der Waals surface area contributed by atoms with Gasteiger partial charge in [-0.05, 0) is 67.8 Å². The number of benzene rings is 3. The lowest BCUT2D eigenvalue weighted by Crippen LogP contribution is -2.55. The molecule has 38 heavy (non-hydrogen) atoms. The van der Waals surface area contributed by atoms with Crippen LogP contribution < -0.4 is 10.1 Å². The molecule has 2 amide bonds. The van der Waals surface area contributed by atoms with E-state index in [-0.39, 0.29) is 17.3 Å². The number of amides is 2. The van der Waals surface area contributed by atoms with Gasteiger partial charge in [0.2, 0.25) is 21.8 Å². The van der Waals surface area contributed by atoms with Crippen LogP contribution in [0.4, 0.5) is 0 Å². The number of rotatable bonds is 10. The molecule has 0 radical (unpaired) electrons. The number of hydrogen-bond donors (Lipinski definition) is 1. The van der Waals surface area contributed by atoms with Crippen LogP contribution in [-0.2, 0) is 26.2 Å². The Morgan fingerprint density at radius 2 is 1.61 bits per heavy atom. The fourth-order valence-corrected chi connectivity index (χ4v) is 5.33. The minimum Gasteiger partial charge on any atom is -0.497 e. The third kappa shape index (κ3) is 7.11. The fourth-order valence-electron chi connectivity index (χ4n) is 4.17. The molecule has 1 atom stereocenters. The van der Waals surface area contributed by atoms with Crippen molar-refractivity contribution in [1.82, 2.24) is 14.5 Å². The van der Waals surface area contributed by atoms with E-state index in [9.17, 15) is 18.0 Å². The summed E-state index contributed by atoms with van der Waals surface area (Å²) in [6, 6.07) is 18.8. The zero-order valence-electron chi connectivity index (χ0n) is 22.9. The minimum atomic E-state index is -3.95. The first kappa shape index (κ1) is 29.1. The van der Waals surface area contributed by atoms with Crippen LogP contribution in [0.5, 0.6) is 5.75 Å². The van der Waals surface area contributed by atoms with Crippen LogP contribution in [-0.4, -0.2) is 61.7 Å². The van der Waals surface area contributed by atoms with Crippen LogP contribution in [0.2, 0.25) is 0 Å². The average Bonchev–Trinajstić information content (AvgIpc) is 2.87. The van der Waals surface area contributed by atoms with Gasteiger partial charge in [0.1, 0.15) is 11.8 Å². The summed E-state index contributed by atoms with van der Waals surface area (Å²) < 4.78 is 33.0. The third-order valence-electron chi connectivity index (χ3n) is 6.18. The maximum Gasteiger partial charge on any atom is 0.243 e. The van der Waals surface area contributed by atoms with Gasteiger partial charge in [-0.1, -0.05) is 49.4 Å². The lowest BCUT2D eigenvalue weighted by Gasteiger charge is -2.34. The van der Waals surface area contributed by atoms with E-state index in [2.05, 4.69) is 5.32 Å². The molecule has 0 aromatic heterocycles. The van der Waals surface area contributed by atoms with Crippen LogP contribution in [0.25, 0.3) is 10.8 Å². The van der Waals surface area contributed by atoms with Gasteiger partial charge in [0, 0.05) is 19.1 Å². The van der Waals surface area contributed by atoms with Crippen LogP contribution in [0.1, 0.15) is 39.7 Å². The van der Waals surface area contributed by atoms with Gasteiger partial charge >= 0.3 is 0 Å². The number of methoxy groups -OCH3 is 1. The van der Waals surface area contributed by atoms with Gasteiger partial charge in [-0.25, -0.2) is 8.42 Å². The molecule has 0 saturated carbocycles.